The van der Waals surface area contributed by atoms with E-state index in [1.807, 2.05) is 30.3 Å². The quantitative estimate of drug-likeness (QED) is 0.449. The number of hydrogen-bond donors (Lipinski definition) is 2. The molecule has 0 fully saturated rings. The predicted molar refractivity (Wildman–Crippen MR) is 122 cm³/mol. The molecule has 0 amide bonds. The number of anilines is 2. The van der Waals surface area contributed by atoms with Gasteiger partial charge in [-0.2, -0.15) is 0 Å². The van der Waals surface area contributed by atoms with Gasteiger partial charge in [0.05, 0.1) is 11.4 Å². The molecule has 5 heteroatoms. The van der Waals surface area contributed by atoms with E-state index in [1.165, 1.54) is 25.7 Å². The van der Waals surface area contributed by atoms with E-state index in [-0.39, 0.29) is 6.10 Å². The Hall–Kier alpha value is -1.85. The summed E-state index contributed by atoms with van der Waals surface area (Å²) >= 11 is 1.67. The fourth-order valence-electron chi connectivity index (χ4n) is 3.03. The Morgan fingerprint density at radius 1 is 0.893 bits per heavy atom. The van der Waals surface area contributed by atoms with Crippen LogP contribution in [0.3, 0.4) is 0 Å². The normalized spacial score (nSPS) is 12.3. The van der Waals surface area contributed by atoms with Crippen molar-refractivity contribution in [2.75, 3.05) is 31.1 Å². The number of hydrogen-bond acceptors (Lipinski definition) is 5. The molecule has 0 saturated heterocycles. The van der Waals surface area contributed by atoms with Crippen LogP contribution in [-0.4, -0.2) is 30.6 Å². The molecule has 1 unspecified atom stereocenters. The summed E-state index contributed by atoms with van der Waals surface area (Å²) in [5.74, 6) is 0.916. The Balaban J connectivity index is 1.88. The molecule has 2 rings (SSSR count). The van der Waals surface area contributed by atoms with Crippen molar-refractivity contribution in [3.05, 3.63) is 42.5 Å². The number of nitrogen functional groups attached to an aromatic ring is 2. The minimum atomic E-state index is 0.170. The van der Waals surface area contributed by atoms with Crippen LogP contribution in [0.5, 0.6) is 5.75 Å². The Kier molecular flexibility index (Phi) is 9.51. The topological polar surface area (TPSA) is 64.5 Å². The standard InChI is InChI=1S/C23H35N3OS/c1-4-6-14-26(15-7-5-2)17-18(3)27-19-8-10-20(11-9-19)28-21-12-13-22(24)23(25)16-21/h8-13,16,18H,4-7,14-15,17,24-25H2,1-3H3. The van der Waals surface area contributed by atoms with Crippen LogP contribution in [0.2, 0.25) is 0 Å². The average Bonchev–Trinajstić information content (AvgIpc) is 2.68. The van der Waals surface area contributed by atoms with Crippen molar-refractivity contribution in [1.29, 1.82) is 0 Å². The Morgan fingerprint density at radius 3 is 2.07 bits per heavy atom. The van der Waals surface area contributed by atoms with Crippen LogP contribution in [0.25, 0.3) is 0 Å². The van der Waals surface area contributed by atoms with Crippen molar-refractivity contribution in [2.45, 2.75) is 62.3 Å². The number of benzene rings is 2. The minimum absolute atomic E-state index is 0.170. The molecule has 0 spiro atoms. The molecule has 0 aliphatic heterocycles. The highest BCUT2D eigenvalue weighted by atomic mass is 32.2. The van der Waals surface area contributed by atoms with Gasteiger partial charge in [-0.25, -0.2) is 0 Å². The van der Waals surface area contributed by atoms with Crippen molar-refractivity contribution in [1.82, 2.24) is 4.90 Å². The molecular formula is C23H35N3OS. The first-order valence-corrected chi connectivity index (χ1v) is 11.1. The molecule has 0 saturated carbocycles. The third-order valence-corrected chi connectivity index (χ3v) is 5.62. The van der Waals surface area contributed by atoms with Gasteiger partial charge in [-0.3, -0.25) is 4.90 Å². The summed E-state index contributed by atoms with van der Waals surface area (Å²) in [5, 5.41) is 0. The van der Waals surface area contributed by atoms with Gasteiger partial charge in [0.2, 0.25) is 0 Å². The average molecular weight is 402 g/mol. The lowest BCUT2D eigenvalue weighted by Gasteiger charge is -2.26. The summed E-state index contributed by atoms with van der Waals surface area (Å²) in [6, 6.07) is 14.0. The number of nitrogens with zero attached hydrogens (tertiary/aromatic N) is 1. The smallest absolute Gasteiger partial charge is 0.119 e. The van der Waals surface area contributed by atoms with E-state index >= 15 is 0 Å². The highest BCUT2D eigenvalue weighted by molar-refractivity contribution is 7.99. The molecular weight excluding hydrogens is 366 g/mol. The summed E-state index contributed by atoms with van der Waals surface area (Å²) in [6.07, 6.45) is 5.13. The minimum Gasteiger partial charge on any atom is -0.489 e. The molecule has 0 radical (unpaired) electrons. The first-order valence-electron chi connectivity index (χ1n) is 10.3. The molecule has 0 aromatic heterocycles. The number of nitrogens with two attached hydrogens (primary N) is 2. The third-order valence-electron chi connectivity index (χ3n) is 4.63. The molecule has 1 atom stereocenters. The van der Waals surface area contributed by atoms with Gasteiger partial charge in [-0.1, -0.05) is 38.5 Å². The van der Waals surface area contributed by atoms with Gasteiger partial charge in [-0.15, -0.1) is 0 Å². The second-order valence-corrected chi connectivity index (χ2v) is 8.45. The van der Waals surface area contributed by atoms with E-state index in [0.717, 1.165) is 35.2 Å². The lowest BCUT2D eigenvalue weighted by Crippen LogP contribution is -2.35. The maximum absolute atomic E-state index is 6.16. The zero-order valence-corrected chi connectivity index (χ0v) is 18.3. The van der Waals surface area contributed by atoms with Crippen molar-refractivity contribution in [3.63, 3.8) is 0 Å². The van der Waals surface area contributed by atoms with E-state index in [1.54, 1.807) is 11.8 Å². The number of unbranched alkanes of at least 4 members (excludes halogenated alkanes) is 2. The second kappa shape index (κ2) is 11.9. The van der Waals surface area contributed by atoms with E-state index in [2.05, 4.69) is 37.8 Å². The van der Waals surface area contributed by atoms with Gasteiger partial charge in [0.15, 0.2) is 0 Å². The first-order chi connectivity index (χ1) is 13.5. The van der Waals surface area contributed by atoms with Crippen molar-refractivity contribution in [2.24, 2.45) is 0 Å². The van der Waals surface area contributed by atoms with Gasteiger partial charge in [0.1, 0.15) is 11.9 Å². The largest absolute Gasteiger partial charge is 0.489 e. The predicted octanol–water partition coefficient (Wildman–Crippen LogP) is 5.67. The van der Waals surface area contributed by atoms with Crippen molar-refractivity contribution < 1.29 is 4.74 Å². The third kappa shape index (κ3) is 7.64. The zero-order chi connectivity index (χ0) is 20.4. The van der Waals surface area contributed by atoms with Crippen LogP contribution in [0.4, 0.5) is 11.4 Å². The van der Waals surface area contributed by atoms with Gasteiger partial charge < -0.3 is 16.2 Å². The molecule has 4 nitrogen and oxygen atoms in total. The van der Waals surface area contributed by atoms with E-state index in [9.17, 15) is 0 Å². The fraction of sp³-hybridized carbons (Fsp3) is 0.478. The lowest BCUT2D eigenvalue weighted by atomic mass is 10.2. The maximum Gasteiger partial charge on any atom is 0.119 e. The molecule has 4 N–H and O–H groups in total. The molecule has 2 aromatic rings. The molecule has 0 bridgehead atoms. The summed E-state index contributed by atoms with van der Waals surface area (Å²) < 4.78 is 6.16. The maximum atomic E-state index is 6.16. The lowest BCUT2D eigenvalue weighted by molar-refractivity contribution is 0.142. The Labute approximate surface area is 174 Å². The highest BCUT2D eigenvalue weighted by Crippen LogP contribution is 2.31. The highest BCUT2D eigenvalue weighted by Gasteiger charge is 2.11. The Morgan fingerprint density at radius 2 is 1.50 bits per heavy atom. The second-order valence-electron chi connectivity index (χ2n) is 7.30. The van der Waals surface area contributed by atoms with Crippen LogP contribution in [0.15, 0.2) is 52.3 Å². The molecule has 0 aliphatic rings. The molecule has 2 aromatic carbocycles. The van der Waals surface area contributed by atoms with Crippen LogP contribution < -0.4 is 16.2 Å². The fourth-order valence-corrected chi connectivity index (χ4v) is 3.90. The van der Waals surface area contributed by atoms with Gasteiger partial charge >= 0.3 is 0 Å². The van der Waals surface area contributed by atoms with Crippen LogP contribution in [0.1, 0.15) is 46.5 Å². The SMILES string of the molecule is CCCCN(CCCC)CC(C)Oc1ccc(Sc2ccc(N)c(N)c2)cc1. The van der Waals surface area contributed by atoms with Crippen LogP contribution >= 0.6 is 11.8 Å². The summed E-state index contributed by atoms with van der Waals surface area (Å²) in [6.45, 7) is 9.94. The monoisotopic (exact) mass is 401 g/mol. The first kappa shape index (κ1) is 22.4. The van der Waals surface area contributed by atoms with Gasteiger partial charge in [0.25, 0.3) is 0 Å². The van der Waals surface area contributed by atoms with E-state index < -0.39 is 0 Å². The van der Waals surface area contributed by atoms with Gasteiger partial charge in [-0.05, 0) is 75.3 Å². The van der Waals surface area contributed by atoms with Crippen LogP contribution in [0, 0.1) is 0 Å². The Bertz CT molecular complexity index is 697. The summed E-state index contributed by atoms with van der Waals surface area (Å²) in [7, 11) is 0. The van der Waals surface area contributed by atoms with Crippen LogP contribution in [-0.2, 0) is 0 Å². The van der Waals surface area contributed by atoms with E-state index in [4.69, 9.17) is 16.2 Å². The summed E-state index contributed by atoms with van der Waals surface area (Å²) in [5.41, 5.74) is 12.9. The number of ether oxygens (including phenoxy) is 1. The zero-order valence-electron chi connectivity index (χ0n) is 17.5. The number of rotatable bonds is 12. The van der Waals surface area contributed by atoms with Crippen molar-refractivity contribution in [3.8, 4) is 5.75 Å². The molecule has 28 heavy (non-hydrogen) atoms. The molecule has 0 aliphatic carbocycles. The molecule has 0 heterocycles. The molecule has 154 valence electrons. The summed E-state index contributed by atoms with van der Waals surface area (Å²) in [4.78, 5) is 4.76. The van der Waals surface area contributed by atoms with Gasteiger partial charge in [0, 0.05) is 16.3 Å². The van der Waals surface area contributed by atoms with E-state index in [0.29, 0.717) is 11.4 Å². The van der Waals surface area contributed by atoms with Crippen molar-refractivity contribution >= 4 is 23.1 Å².